The molecule has 0 saturated carbocycles. The van der Waals surface area contributed by atoms with E-state index >= 15 is 0 Å². The van der Waals surface area contributed by atoms with Crippen LogP contribution in [0.4, 0.5) is 11.7 Å². The van der Waals surface area contributed by atoms with E-state index in [1.807, 2.05) is 0 Å². The topological polar surface area (TPSA) is 124 Å². The SMILES string of the molecule is COc1ccc(-c2nnc(NC(=O)c3ccc(N4C(=O)CCC4=O)cc3)o2)c(OC)c1. The maximum atomic E-state index is 12.5. The number of aromatic nitrogens is 2. The number of anilines is 2. The summed E-state index contributed by atoms with van der Waals surface area (Å²) in [5.74, 6) is 0.250. The number of hydrogen-bond acceptors (Lipinski definition) is 8. The van der Waals surface area contributed by atoms with Gasteiger partial charge >= 0.3 is 6.01 Å². The van der Waals surface area contributed by atoms with E-state index in [1.165, 1.54) is 31.4 Å². The molecule has 10 nitrogen and oxygen atoms in total. The van der Waals surface area contributed by atoms with Gasteiger partial charge in [0.2, 0.25) is 11.8 Å². The lowest BCUT2D eigenvalue weighted by atomic mass is 10.2. The number of nitrogens with zero attached hydrogens (tertiary/aromatic N) is 3. The monoisotopic (exact) mass is 422 g/mol. The molecule has 4 rings (SSSR count). The molecule has 0 bridgehead atoms. The lowest BCUT2D eigenvalue weighted by Crippen LogP contribution is -2.28. The van der Waals surface area contributed by atoms with Gasteiger partial charge in [-0.25, -0.2) is 0 Å². The Hall–Kier alpha value is -4.21. The summed E-state index contributed by atoms with van der Waals surface area (Å²) in [6.07, 6.45) is 0.388. The highest BCUT2D eigenvalue weighted by molar-refractivity contribution is 6.20. The number of carbonyl (C=O) groups excluding carboxylic acids is 3. The fraction of sp³-hybridized carbons (Fsp3) is 0.190. The van der Waals surface area contributed by atoms with Gasteiger partial charge in [0, 0.05) is 24.5 Å². The maximum absolute atomic E-state index is 12.5. The molecule has 0 atom stereocenters. The Morgan fingerprint density at radius 3 is 2.35 bits per heavy atom. The highest BCUT2D eigenvalue weighted by Gasteiger charge is 2.30. The molecule has 1 N–H and O–H groups in total. The third kappa shape index (κ3) is 3.95. The third-order valence-corrected chi connectivity index (χ3v) is 4.72. The second kappa shape index (κ2) is 8.27. The Bertz CT molecular complexity index is 1140. The Labute approximate surface area is 176 Å². The van der Waals surface area contributed by atoms with Crippen LogP contribution in [-0.4, -0.2) is 42.1 Å². The zero-order valence-corrected chi connectivity index (χ0v) is 16.7. The number of imide groups is 1. The molecule has 3 aromatic rings. The summed E-state index contributed by atoms with van der Waals surface area (Å²) in [7, 11) is 3.05. The predicted molar refractivity (Wildman–Crippen MR) is 109 cm³/mol. The summed E-state index contributed by atoms with van der Waals surface area (Å²) in [5, 5.41) is 10.3. The second-order valence-electron chi connectivity index (χ2n) is 6.60. The third-order valence-electron chi connectivity index (χ3n) is 4.72. The molecule has 1 fully saturated rings. The van der Waals surface area contributed by atoms with E-state index in [2.05, 4.69) is 15.5 Å². The largest absolute Gasteiger partial charge is 0.497 e. The maximum Gasteiger partial charge on any atom is 0.322 e. The number of nitrogens with one attached hydrogen (secondary N) is 1. The zero-order valence-electron chi connectivity index (χ0n) is 16.7. The van der Waals surface area contributed by atoms with Crippen molar-refractivity contribution in [3.63, 3.8) is 0 Å². The Balaban J connectivity index is 1.48. The molecule has 158 valence electrons. The van der Waals surface area contributed by atoms with Crippen LogP contribution in [0.1, 0.15) is 23.2 Å². The first-order valence-electron chi connectivity index (χ1n) is 9.33. The van der Waals surface area contributed by atoms with Gasteiger partial charge in [0.25, 0.3) is 11.8 Å². The normalized spacial score (nSPS) is 13.4. The summed E-state index contributed by atoms with van der Waals surface area (Å²) < 4.78 is 16.0. The summed E-state index contributed by atoms with van der Waals surface area (Å²) in [4.78, 5) is 37.3. The van der Waals surface area contributed by atoms with Crippen molar-refractivity contribution in [3.8, 4) is 23.0 Å². The van der Waals surface area contributed by atoms with Crippen molar-refractivity contribution in [1.82, 2.24) is 10.2 Å². The van der Waals surface area contributed by atoms with E-state index in [4.69, 9.17) is 13.9 Å². The van der Waals surface area contributed by atoms with Crippen molar-refractivity contribution in [2.24, 2.45) is 0 Å². The molecule has 0 unspecified atom stereocenters. The molecule has 0 aliphatic carbocycles. The lowest BCUT2D eigenvalue weighted by Gasteiger charge is -2.13. The molecular formula is C21H18N4O6. The molecule has 0 radical (unpaired) electrons. The number of rotatable bonds is 6. The van der Waals surface area contributed by atoms with Crippen LogP contribution in [0.2, 0.25) is 0 Å². The predicted octanol–water partition coefficient (Wildman–Crippen LogP) is 2.66. The minimum atomic E-state index is -0.484. The standard InChI is InChI=1S/C21H18N4O6/c1-29-14-7-8-15(16(11-14)30-2)20-23-24-21(31-20)22-19(28)12-3-5-13(6-4-12)25-17(26)9-10-18(25)27/h3-8,11H,9-10H2,1-2H3,(H,22,24,28). The van der Waals surface area contributed by atoms with Crippen molar-refractivity contribution < 1.29 is 28.3 Å². The van der Waals surface area contributed by atoms with Crippen molar-refractivity contribution in [1.29, 1.82) is 0 Å². The number of benzene rings is 2. The number of carbonyl (C=O) groups is 3. The molecule has 1 aromatic heterocycles. The molecule has 31 heavy (non-hydrogen) atoms. The van der Waals surface area contributed by atoms with Gasteiger partial charge < -0.3 is 13.9 Å². The molecule has 1 saturated heterocycles. The van der Waals surface area contributed by atoms with Crippen LogP contribution in [0.25, 0.3) is 11.5 Å². The first kappa shape index (κ1) is 20.1. The van der Waals surface area contributed by atoms with Crippen LogP contribution in [0.15, 0.2) is 46.9 Å². The van der Waals surface area contributed by atoms with E-state index < -0.39 is 5.91 Å². The van der Waals surface area contributed by atoms with Crippen LogP contribution < -0.4 is 19.7 Å². The van der Waals surface area contributed by atoms with E-state index in [9.17, 15) is 14.4 Å². The summed E-state index contributed by atoms with van der Waals surface area (Å²) in [6.45, 7) is 0. The van der Waals surface area contributed by atoms with Crippen LogP contribution in [0, 0.1) is 0 Å². The number of hydrogen-bond donors (Lipinski definition) is 1. The van der Waals surface area contributed by atoms with Crippen molar-refractivity contribution >= 4 is 29.4 Å². The number of amides is 3. The highest BCUT2D eigenvalue weighted by Crippen LogP contribution is 2.33. The van der Waals surface area contributed by atoms with E-state index in [0.717, 1.165) is 4.90 Å². The number of methoxy groups -OCH3 is 2. The van der Waals surface area contributed by atoms with E-state index in [1.54, 1.807) is 25.3 Å². The van der Waals surface area contributed by atoms with Gasteiger partial charge in [0.05, 0.1) is 25.5 Å². The molecule has 0 spiro atoms. The van der Waals surface area contributed by atoms with Gasteiger partial charge in [0.15, 0.2) is 0 Å². The molecule has 2 aromatic carbocycles. The van der Waals surface area contributed by atoms with Gasteiger partial charge in [-0.2, -0.15) is 0 Å². The summed E-state index contributed by atoms with van der Waals surface area (Å²) >= 11 is 0. The van der Waals surface area contributed by atoms with Gasteiger partial charge in [-0.3, -0.25) is 24.6 Å². The summed E-state index contributed by atoms with van der Waals surface area (Å²) in [5.41, 5.74) is 1.26. The van der Waals surface area contributed by atoms with Crippen molar-refractivity contribution in [2.75, 3.05) is 24.4 Å². The average Bonchev–Trinajstić information content (AvgIpc) is 3.39. The van der Waals surface area contributed by atoms with Crippen LogP contribution >= 0.6 is 0 Å². The fourth-order valence-electron chi connectivity index (χ4n) is 3.15. The minimum Gasteiger partial charge on any atom is -0.497 e. The first-order valence-corrected chi connectivity index (χ1v) is 9.33. The molecular weight excluding hydrogens is 404 g/mol. The fourth-order valence-corrected chi connectivity index (χ4v) is 3.15. The lowest BCUT2D eigenvalue weighted by molar-refractivity contribution is -0.121. The van der Waals surface area contributed by atoms with Crippen LogP contribution in [0.3, 0.4) is 0 Å². The van der Waals surface area contributed by atoms with Gasteiger partial charge in [0.1, 0.15) is 11.5 Å². The molecule has 1 aliphatic rings. The second-order valence-corrected chi connectivity index (χ2v) is 6.60. The molecule has 1 aliphatic heterocycles. The van der Waals surface area contributed by atoms with Crippen molar-refractivity contribution in [3.05, 3.63) is 48.0 Å². The van der Waals surface area contributed by atoms with E-state index in [0.29, 0.717) is 28.3 Å². The smallest absolute Gasteiger partial charge is 0.322 e. The zero-order chi connectivity index (χ0) is 22.0. The Morgan fingerprint density at radius 1 is 1.00 bits per heavy atom. The average molecular weight is 422 g/mol. The summed E-state index contributed by atoms with van der Waals surface area (Å²) in [6, 6.07) is 11.1. The Kier molecular flexibility index (Phi) is 5.35. The van der Waals surface area contributed by atoms with Crippen LogP contribution in [0.5, 0.6) is 11.5 Å². The number of ether oxygens (including phenoxy) is 2. The van der Waals surface area contributed by atoms with E-state index in [-0.39, 0.29) is 36.6 Å². The van der Waals surface area contributed by atoms with Crippen LogP contribution in [-0.2, 0) is 9.59 Å². The van der Waals surface area contributed by atoms with Gasteiger partial charge in [-0.05, 0) is 36.4 Å². The highest BCUT2D eigenvalue weighted by atomic mass is 16.5. The minimum absolute atomic E-state index is 0.0909. The quantitative estimate of drug-likeness (QED) is 0.601. The van der Waals surface area contributed by atoms with Gasteiger partial charge in [-0.15, -0.1) is 5.10 Å². The molecule has 2 heterocycles. The van der Waals surface area contributed by atoms with Gasteiger partial charge in [-0.1, -0.05) is 5.10 Å². The van der Waals surface area contributed by atoms with Crippen molar-refractivity contribution in [2.45, 2.75) is 12.8 Å². The molecule has 10 heteroatoms. The Morgan fingerprint density at radius 2 is 1.71 bits per heavy atom. The first-order chi connectivity index (χ1) is 15.0. The molecule has 3 amide bonds.